The predicted octanol–water partition coefficient (Wildman–Crippen LogP) is 0.143. The summed E-state index contributed by atoms with van der Waals surface area (Å²) in [6.07, 6.45) is 1.32. The van der Waals surface area contributed by atoms with Crippen LogP contribution in [0.2, 0.25) is 0 Å². The van der Waals surface area contributed by atoms with Crippen LogP contribution in [-0.4, -0.2) is 39.1 Å². The molecular formula is C11H15N3O4. The zero-order chi connectivity index (χ0) is 13.8. The Labute approximate surface area is 104 Å². The molecule has 0 atom stereocenters. The average molecular weight is 253 g/mol. The molecule has 1 amide bonds. The van der Waals surface area contributed by atoms with Crippen LogP contribution in [0.3, 0.4) is 0 Å². The minimum Gasteiger partial charge on any atom is -0.480 e. The van der Waals surface area contributed by atoms with Crippen molar-refractivity contribution in [1.82, 2.24) is 15.3 Å². The van der Waals surface area contributed by atoms with Crippen LogP contribution >= 0.6 is 0 Å². The first-order valence-corrected chi connectivity index (χ1v) is 5.27. The number of carbonyl (C=O) groups is 2. The van der Waals surface area contributed by atoms with Crippen LogP contribution in [0, 0.1) is 6.92 Å². The summed E-state index contributed by atoms with van der Waals surface area (Å²) < 4.78 is 5.12. The zero-order valence-corrected chi connectivity index (χ0v) is 10.4. The minimum absolute atomic E-state index is 0.269. The van der Waals surface area contributed by atoms with Gasteiger partial charge in [-0.1, -0.05) is 0 Å². The van der Waals surface area contributed by atoms with Gasteiger partial charge in [-0.25, -0.2) is 14.8 Å². The molecule has 0 aliphatic heterocycles. The van der Waals surface area contributed by atoms with E-state index in [1.807, 2.05) is 0 Å². The number of ether oxygens (including phenoxy) is 1. The minimum atomic E-state index is -1.33. The number of hydrogen-bond acceptors (Lipinski definition) is 5. The number of nitrogens with zero attached hydrogens (tertiary/aromatic N) is 2. The van der Waals surface area contributed by atoms with Crippen LogP contribution in [0.25, 0.3) is 0 Å². The van der Waals surface area contributed by atoms with Gasteiger partial charge in [0.25, 0.3) is 5.91 Å². The molecule has 18 heavy (non-hydrogen) atoms. The Morgan fingerprint density at radius 3 is 2.67 bits per heavy atom. The van der Waals surface area contributed by atoms with Gasteiger partial charge in [0.15, 0.2) is 6.61 Å². The maximum absolute atomic E-state index is 11.5. The van der Waals surface area contributed by atoms with E-state index >= 15 is 0 Å². The second-order valence-electron chi connectivity index (χ2n) is 4.26. The third-order valence-corrected chi connectivity index (χ3v) is 2.12. The number of nitrogens with one attached hydrogen (secondary N) is 1. The van der Waals surface area contributed by atoms with Crippen LogP contribution in [0.1, 0.15) is 19.5 Å². The summed E-state index contributed by atoms with van der Waals surface area (Å²) in [5.41, 5.74) is -0.617. The lowest BCUT2D eigenvalue weighted by atomic mass is 10.1. The van der Waals surface area contributed by atoms with E-state index < -0.39 is 17.4 Å². The third kappa shape index (κ3) is 4.00. The number of carboxylic acids is 1. The molecule has 0 bridgehead atoms. The van der Waals surface area contributed by atoms with E-state index in [2.05, 4.69) is 15.3 Å². The second kappa shape index (κ2) is 5.44. The molecule has 0 aliphatic carbocycles. The van der Waals surface area contributed by atoms with Gasteiger partial charge in [0.05, 0.1) is 0 Å². The van der Waals surface area contributed by atoms with Crippen molar-refractivity contribution in [3.63, 3.8) is 0 Å². The molecule has 0 fully saturated rings. The van der Waals surface area contributed by atoms with Crippen molar-refractivity contribution in [3.05, 3.63) is 18.1 Å². The van der Waals surface area contributed by atoms with Gasteiger partial charge < -0.3 is 15.2 Å². The van der Waals surface area contributed by atoms with Gasteiger partial charge in [-0.15, -0.1) is 0 Å². The Bertz CT molecular complexity index is 459. The lowest BCUT2D eigenvalue weighted by Crippen LogP contribution is -2.51. The first kappa shape index (κ1) is 13.9. The van der Waals surface area contributed by atoms with Crippen molar-refractivity contribution in [2.24, 2.45) is 0 Å². The SMILES string of the molecule is Cc1cc(OCC(=O)NC(C)(C)C(=O)O)ncn1. The highest BCUT2D eigenvalue weighted by molar-refractivity contribution is 5.86. The summed E-state index contributed by atoms with van der Waals surface area (Å²) in [4.78, 5) is 30.0. The van der Waals surface area contributed by atoms with Gasteiger partial charge in [-0.2, -0.15) is 0 Å². The zero-order valence-electron chi connectivity index (χ0n) is 10.4. The first-order valence-electron chi connectivity index (χ1n) is 5.27. The fourth-order valence-electron chi connectivity index (χ4n) is 1.09. The van der Waals surface area contributed by atoms with Crippen molar-refractivity contribution >= 4 is 11.9 Å². The van der Waals surface area contributed by atoms with Gasteiger partial charge >= 0.3 is 5.97 Å². The first-order chi connectivity index (χ1) is 8.31. The lowest BCUT2D eigenvalue weighted by molar-refractivity contribution is -0.146. The van der Waals surface area contributed by atoms with E-state index in [-0.39, 0.29) is 12.5 Å². The number of aliphatic carboxylic acids is 1. The maximum Gasteiger partial charge on any atom is 0.328 e. The van der Waals surface area contributed by atoms with Crippen molar-refractivity contribution < 1.29 is 19.4 Å². The number of aryl methyl sites for hydroxylation is 1. The summed E-state index contributed by atoms with van der Waals surface area (Å²) >= 11 is 0. The fourth-order valence-corrected chi connectivity index (χ4v) is 1.09. The Balaban J connectivity index is 2.50. The molecule has 0 aromatic carbocycles. The van der Waals surface area contributed by atoms with Crippen LogP contribution in [0.4, 0.5) is 0 Å². The highest BCUT2D eigenvalue weighted by Crippen LogP contribution is 2.06. The quantitative estimate of drug-likeness (QED) is 0.774. The van der Waals surface area contributed by atoms with Gasteiger partial charge in [0.2, 0.25) is 5.88 Å². The van der Waals surface area contributed by atoms with Crippen molar-refractivity contribution in [2.75, 3.05) is 6.61 Å². The summed E-state index contributed by atoms with van der Waals surface area (Å²) in [6.45, 7) is 4.25. The summed E-state index contributed by atoms with van der Waals surface area (Å²) in [5, 5.41) is 11.2. The molecular weight excluding hydrogens is 238 g/mol. The maximum atomic E-state index is 11.5. The normalized spacial score (nSPS) is 10.8. The molecule has 0 aliphatic rings. The molecule has 1 rings (SSSR count). The molecule has 1 aromatic rings. The Morgan fingerprint density at radius 2 is 2.11 bits per heavy atom. The predicted molar refractivity (Wildman–Crippen MR) is 62.1 cm³/mol. The lowest BCUT2D eigenvalue weighted by Gasteiger charge is -2.20. The molecule has 0 radical (unpaired) electrons. The molecule has 7 nitrogen and oxygen atoms in total. The number of hydrogen-bond donors (Lipinski definition) is 2. The molecule has 1 heterocycles. The Hall–Kier alpha value is -2.18. The van der Waals surface area contributed by atoms with E-state index in [0.29, 0.717) is 5.69 Å². The van der Waals surface area contributed by atoms with Crippen LogP contribution in [-0.2, 0) is 9.59 Å². The van der Waals surface area contributed by atoms with Crippen LogP contribution in [0.15, 0.2) is 12.4 Å². The van der Waals surface area contributed by atoms with Gasteiger partial charge in [0, 0.05) is 11.8 Å². The molecule has 0 saturated carbocycles. The highest BCUT2D eigenvalue weighted by Gasteiger charge is 2.28. The van der Waals surface area contributed by atoms with Gasteiger partial charge in [-0.3, -0.25) is 4.79 Å². The topological polar surface area (TPSA) is 101 Å². The van der Waals surface area contributed by atoms with Crippen molar-refractivity contribution in [2.45, 2.75) is 26.3 Å². The standard InChI is InChI=1S/C11H15N3O4/c1-7-4-9(13-6-12-7)18-5-8(15)14-11(2,3)10(16)17/h4,6H,5H2,1-3H3,(H,14,15)(H,16,17). The monoisotopic (exact) mass is 253 g/mol. The Morgan fingerprint density at radius 1 is 1.44 bits per heavy atom. The van der Waals surface area contributed by atoms with Gasteiger partial charge in [0.1, 0.15) is 11.9 Å². The number of carboxylic acid groups (broad SMARTS) is 1. The molecule has 7 heteroatoms. The summed E-state index contributed by atoms with van der Waals surface area (Å²) in [7, 11) is 0. The largest absolute Gasteiger partial charge is 0.480 e. The highest BCUT2D eigenvalue weighted by atomic mass is 16.5. The van der Waals surface area contributed by atoms with Crippen molar-refractivity contribution in [3.8, 4) is 5.88 Å². The van der Waals surface area contributed by atoms with Crippen LogP contribution in [0.5, 0.6) is 5.88 Å². The average Bonchev–Trinajstić information content (AvgIpc) is 2.25. The van der Waals surface area contributed by atoms with E-state index in [9.17, 15) is 9.59 Å². The van der Waals surface area contributed by atoms with Crippen LogP contribution < -0.4 is 10.1 Å². The number of amides is 1. The third-order valence-electron chi connectivity index (χ3n) is 2.12. The molecule has 2 N–H and O–H groups in total. The smallest absolute Gasteiger partial charge is 0.328 e. The van der Waals surface area contributed by atoms with E-state index in [1.165, 1.54) is 20.2 Å². The molecule has 98 valence electrons. The van der Waals surface area contributed by atoms with E-state index in [0.717, 1.165) is 0 Å². The number of aromatic nitrogens is 2. The van der Waals surface area contributed by atoms with Gasteiger partial charge in [-0.05, 0) is 20.8 Å². The van der Waals surface area contributed by atoms with E-state index in [1.54, 1.807) is 13.0 Å². The van der Waals surface area contributed by atoms with Crippen molar-refractivity contribution in [1.29, 1.82) is 0 Å². The molecule has 0 saturated heterocycles. The molecule has 0 unspecified atom stereocenters. The molecule has 1 aromatic heterocycles. The summed E-state index contributed by atoms with van der Waals surface area (Å²) in [5.74, 6) is -1.38. The van der Waals surface area contributed by atoms with E-state index in [4.69, 9.17) is 9.84 Å². The number of carbonyl (C=O) groups excluding carboxylic acids is 1. The number of rotatable bonds is 5. The molecule has 0 spiro atoms. The summed E-state index contributed by atoms with van der Waals surface area (Å²) in [6, 6.07) is 1.58. The Kier molecular flexibility index (Phi) is 4.19. The second-order valence-corrected chi connectivity index (χ2v) is 4.26. The fraction of sp³-hybridized carbons (Fsp3) is 0.455.